The van der Waals surface area contributed by atoms with E-state index in [0.717, 1.165) is 44.9 Å². The first-order valence-corrected chi connectivity index (χ1v) is 8.19. The molecule has 0 bridgehead atoms. The van der Waals surface area contributed by atoms with Gasteiger partial charge in [0.2, 0.25) is 0 Å². The van der Waals surface area contributed by atoms with E-state index < -0.39 is 5.60 Å². The van der Waals surface area contributed by atoms with Gasteiger partial charge in [0.05, 0.1) is 15.6 Å². The quantitative estimate of drug-likeness (QED) is 0.871. The summed E-state index contributed by atoms with van der Waals surface area (Å²) in [6, 6.07) is 3.95. The summed E-state index contributed by atoms with van der Waals surface area (Å²) < 4.78 is 0. The molecule has 0 aliphatic heterocycles. The summed E-state index contributed by atoms with van der Waals surface area (Å²) >= 11 is 12.4. The average Bonchev–Trinajstić information content (AvgIpc) is 2.42. The summed E-state index contributed by atoms with van der Waals surface area (Å²) in [7, 11) is 0. The third-order valence-corrected chi connectivity index (χ3v) is 6.10. The first-order valence-electron chi connectivity index (χ1n) is 7.43. The molecule has 1 aromatic rings. The Balaban J connectivity index is 2.19. The van der Waals surface area contributed by atoms with Crippen molar-refractivity contribution in [3.05, 3.63) is 33.3 Å². The van der Waals surface area contributed by atoms with Crippen LogP contribution in [-0.4, -0.2) is 17.3 Å². The zero-order valence-electron chi connectivity index (χ0n) is 11.6. The minimum atomic E-state index is -0.630. The SMILES string of the molecule is NCC[C@]12CCCC[C@@]1(O)CCc1cc(Cl)c(Cl)cc12. The van der Waals surface area contributed by atoms with Crippen molar-refractivity contribution < 1.29 is 5.11 Å². The molecule has 110 valence electrons. The molecular formula is C16H21Cl2NO. The van der Waals surface area contributed by atoms with Crippen LogP contribution in [0.25, 0.3) is 0 Å². The molecular weight excluding hydrogens is 293 g/mol. The summed E-state index contributed by atoms with van der Waals surface area (Å²) in [5.41, 5.74) is 7.43. The molecule has 2 aliphatic carbocycles. The number of aryl methyl sites for hydroxylation is 1. The van der Waals surface area contributed by atoms with Crippen LogP contribution in [0.15, 0.2) is 12.1 Å². The van der Waals surface area contributed by atoms with Gasteiger partial charge in [0, 0.05) is 5.41 Å². The van der Waals surface area contributed by atoms with Gasteiger partial charge >= 0.3 is 0 Å². The lowest BCUT2D eigenvalue weighted by atomic mass is 9.53. The average molecular weight is 314 g/mol. The maximum absolute atomic E-state index is 11.2. The van der Waals surface area contributed by atoms with Gasteiger partial charge in [-0.15, -0.1) is 0 Å². The number of hydrogen-bond acceptors (Lipinski definition) is 2. The molecule has 2 nitrogen and oxygen atoms in total. The Hall–Kier alpha value is -0.280. The van der Waals surface area contributed by atoms with Crippen molar-refractivity contribution in [2.75, 3.05) is 6.54 Å². The van der Waals surface area contributed by atoms with E-state index in [0.29, 0.717) is 16.6 Å². The van der Waals surface area contributed by atoms with E-state index in [1.54, 1.807) is 0 Å². The number of aliphatic hydroxyl groups is 1. The highest BCUT2D eigenvalue weighted by Crippen LogP contribution is 2.55. The second-order valence-electron chi connectivity index (χ2n) is 6.28. The minimum absolute atomic E-state index is 0.234. The van der Waals surface area contributed by atoms with Crippen molar-refractivity contribution in [2.45, 2.75) is 56.0 Å². The molecule has 3 N–H and O–H groups in total. The van der Waals surface area contributed by atoms with E-state index in [1.807, 2.05) is 12.1 Å². The lowest BCUT2D eigenvalue weighted by Gasteiger charge is -2.54. The second-order valence-corrected chi connectivity index (χ2v) is 7.10. The Kier molecular flexibility index (Phi) is 3.79. The summed E-state index contributed by atoms with van der Waals surface area (Å²) in [5, 5.41) is 12.4. The van der Waals surface area contributed by atoms with Crippen LogP contribution < -0.4 is 5.73 Å². The van der Waals surface area contributed by atoms with Gasteiger partial charge in [-0.1, -0.05) is 36.0 Å². The number of halogens is 2. The molecule has 0 spiro atoms. The van der Waals surface area contributed by atoms with Gasteiger partial charge in [-0.3, -0.25) is 0 Å². The molecule has 0 saturated heterocycles. The fourth-order valence-corrected chi connectivity index (χ4v) is 4.74. The van der Waals surface area contributed by atoms with Gasteiger partial charge in [-0.25, -0.2) is 0 Å². The van der Waals surface area contributed by atoms with Gasteiger partial charge in [-0.2, -0.15) is 0 Å². The first-order chi connectivity index (χ1) is 9.52. The fraction of sp³-hybridized carbons (Fsp3) is 0.625. The van der Waals surface area contributed by atoms with E-state index >= 15 is 0 Å². The normalized spacial score (nSPS) is 32.6. The van der Waals surface area contributed by atoms with Crippen LogP contribution in [-0.2, 0) is 11.8 Å². The Morgan fingerprint density at radius 2 is 1.80 bits per heavy atom. The molecule has 0 aromatic heterocycles. The van der Waals surface area contributed by atoms with Crippen LogP contribution in [0.5, 0.6) is 0 Å². The van der Waals surface area contributed by atoms with E-state index in [-0.39, 0.29) is 5.41 Å². The standard InChI is InChI=1S/C16H21Cl2NO/c17-13-9-11-3-6-16(20)5-2-1-4-15(16,7-8-19)12(11)10-14(13)18/h9-10,20H,1-8,19H2/t15-,16+/m0/s1. The molecule has 1 aromatic carbocycles. The van der Waals surface area contributed by atoms with E-state index in [4.69, 9.17) is 28.9 Å². The number of hydrogen-bond donors (Lipinski definition) is 2. The Morgan fingerprint density at radius 3 is 2.55 bits per heavy atom. The van der Waals surface area contributed by atoms with Crippen LogP contribution in [0.4, 0.5) is 0 Å². The summed E-state index contributed by atoms with van der Waals surface area (Å²) in [6.07, 6.45) is 6.58. The third-order valence-electron chi connectivity index (χ3n) is 5.38. The zero-order valence-corrected chi connectivity index (χ0v) is 13.1. The predicted molar refractivity (Wildman–Crippen MR) is 83.6 cm³/mol. The van der Waals surface area contributed by atoms with Gasteiger partial charge in [-0.05, 0) is 61.9 Å². The minimum Gasteiger partial charge on any atom is -0.389 e. The summed E-state index contributed by atoms with van der Waals surface area (Å²) in [4.78, 5) is 0. The van der Waals surface area contributed by atoms with Crippen LogP contribution in [0, 0.1) is 0 Å². The van der Waals surface area contributed by atoms with Crippen LogP contribution in [0.2, 0.25) is 10.0 Å². The van der Waals surface area contributed by atoms with Crippen molar-refractivity contribution in [1.82, 2.24) is 0 Å². The smallest absolute Gasteiger partial charge is 0.0747 e. The zero-order chi connectivity index (χ0) is 14.4. The van der Waals surface area contributed by atoms with E-state index in [9.17, 15) is 5.11 Å². The lowest BCUT2D eigenvalue weighted by Crippen LogP contribution is -2.57. The summed E-state index contributed by atoms with van der Waals surface area (Å²) in [5.74, 6) is 0. The van der Waals surface area contributed by atoms with Crippen molar-refractivity contribution in [2.24, 2.45) is 5.73 Å². The number of fused-ring (bicyclic) bond motifs is 3. The van der Waals surface area contributed by atoms with Gasteiger partial charge < -0.3 is 10.8 Å². The number of nitrogens with two attached hydrogens (primary N) is 1. The molecule has 1 saturated carbocycles. The van der Waals surface area contributed by atoms with Crippen LogP contribution in [0.3, 0.4) is 0 Å². The predicted octanol–water partition coefficient (Wildman–Crippen LogP) is 3.83. The molecule has 1 fully saturated rings. The Bertz CT molecular complexity index is 529. The lowest BCUT2D eigenvalue weighted by molar-refractivity contribution is -0.0862. The molecule has 3 rings (SSSR count). The topological polar surface area (TPSA) is 46.2 Å². The van der Waals surface area contributed by atoms with Crippen molar-refractivity contribution in [3.8, 4) is 0 Å². The first kappa shape index (κ1) is 14.6. The summed E-state index contributed by atoms with van der Waals surface area (Å²) in [6.45, 7) is 0.585. The molecule has 0 radical (unpaired) electrons. The molecule has 0 amide bonds. The third kappa shape index (κ3) is 2.00. The second kappa shape index (κ2) is 5.17. The maximum Gasteiger partial charge on any atom is 0.0747 e. The molecule has 0 unspecified atom stereocenters. The molecule has 20 heavy (non-hydrogen) atoms. The largest absolute Gasteiger partial charge is 0.389 e. The van der Waals surface area contributed by atoms with Gasteiger partial charge in [0.1, 0.15) is 0 Å². The number of rotatable bonds is 2. The molecule has 0 heterocycles. The van der Waals surface area contributed by atoms with Crippen LogP contribution in [0.1, 0.15) is 49.7 Å². The molecule has 2 atom stereocenters. The van der Waals surface area contributed by atoms with Crippen LogP contribution >= 0.6 is 23.2 Å². The Labute approximate surface area is 130 Å². The fourth-order valence-electron chi connectivity index (χ4n) is 4.39. The highest BCUT2D eigenvalue weighted by molar-refractivity contribution is 6.42. The number of benzene rings is 1. The van der Waals surface area contributed by atoms with Crippen molar-refractivity contribution in [3.63, 3.8) is 0 Å². The van der Waals surface area contributed by atoms with E-state index in [1.165, 1.54) is 11.1 Å². The van der Waals surface area contributed by atoms with Crippen molar-refractivity contribution in [1.29, 1.82) is 0 Å². The molecule has 2 aliphatic rings. The van der Waals surface area contributed by atoms with Crippen molar-refractivity contribution >= 4 is 23.2 Å². The highest BCUT2D eigenvalue weighted by atomic mass is 35.5. The van der Waals surface area contributed by atoms with E-state index in [2.05, 4.69) is 0 Å². The maximum atomic E-state index is 11.2. The van der Waals surface area contributed by atoms with Gasteiger partial charge in [0.15, 0.2) is 0 Å². The molecule has 4 heteroatoms. The van der Waals surface area contributed by atoms with Gasteiger partial charge in [0.25, 0.3) is 0 Å². The Morgan fingerprint density at radius 1 is 1.10 bits per heavy atom. The monoisotopic (exact) mass is 313 g/mol. The highest BCUT2D eigenvalue weighted by Gasteiger charge is 2.54.